The first-order chi connectivity index (χ1) is 9.45. The minimum atomic E-state index is -1.06. The molecule has 0 bridgehead atoms. The van der Waals surface area contributed by atoms with Gasteiger partial charge in [-0.25, -0.2) is 4.39 Å². The zero-order valence-corrected chi connectivity index (χ0v) is 11.4. The van der Waals surface area contributed by atoms with Crippen molar-refractivity contribution in [2.24, 2.45) is 0 Å². The van der Waals surface area contributed by atoms with Gasteiger partial charge in [-0.1, -0.05) is 12.1 Å². The van der Waals surface area contributed by atoms with Crippen LogP contribution in [0.25, 0.3) is 0 Å². The molecule has 0 aliphatic rings. The first-order valence-corrected chi connectivity index (χ1v) is 6.30. The monoisotopic (exact) mass is 273 g/mol. The molecule has 2 rings (SSSR count). The molecule has 0 aliphatic carbocycles. The number of aliphatic carboxylic acids is 1. The van der Waals surface area contributed by atoms with Gasteiger partial charge in [0.15, 0.2) is 0 Å². The average Bonchev–Trinajstić information content (AvgIpc) is 2.32. The number of aryl methyl sites for hydroxylation is 2. The summed E-state index contributed by atoms with van der Waals surface area (Å²) in [7, 11) is 0. The molecule has 2 N–H and O–H groups in total. The number of anilines is 2. The first-order valence-electron chi connectivity index (χ1n) is 6.30. The van der Waals surface area contributed by atoms with Crippen LogP contribution >= 0.6 is 0 Å². The maximum absolute atomic E-state index is 13.8. The lowest BCUT2D eigenvalue weighted by Crippen LogP contribution is -2.06. The van der Waals surface area contributed by atoms with Crippen LogP contribution in [0.15, 0.2) is 36.4 Å². The third kappa shape index (κ3) is 3.35. The van der Waals surface area contributed by atoms with Crippen molar-refractivity contribution in [3.05, 3.63) is 58.9 Å². The van der Waals surface area contributed by atoms with E-state index in [1.807, 2.05) is 32.0 Å². The number of carboxylic acid groups (broad SMARTS) is 1. The molecule has 4 heteroatoms. The Bertz CT molecular complexity index is 633. The summed E-state index contributed by atoms with van der Waals surface area (Å²) in [5.41, 5.74) is 3.64. The van der Waals surface area contributed by atoms with E-state index in [1.54, 1.807) is 12.1 Å². The van der Waals surface area contributed by atoms with Crippen molar-refractivity contribution < 1.29 is 14.3 Å². The van der Waals surface area contributed by atoms with Crippen molar-refractivity contribution in [1.29, 1.82) is 0 Å². The predicted octanol–water partition coefficient (Wildman–Crippen LogP) is 3.81. The number of halogens is 1. The normalized spacial score (nSPS) is 10.3. The van der Waals surface area contributed by atoms with Crippen molar-refractivity contribution >= 4 is 17.3 Å². The standard InChI is InChI=1S/C16H16FNO2/c1-10-6-11(2)8-12(7-10)18-15-5-3-4-14(17)13(15)9-16(19)20/h3-8,18H,9H2,1-2H3,(H,19,20). The average molecular weight is 273 g/mol. The van der Waals surface area contributed by atoms with Gasteiger partial charge in [0.2, 0.25) is 0 Å². The third-order valence-corrected chi connectivity index (χ3v) is 2.95. The number of benzene rings is 2. The van der Waals surface area contributed by atoms with Gasteiger partial charge < -0.3 is 10.4 Å². The molecule has 0 saturated carbocycles. The Balaban J connectivity index is 2.37. The molecule has 20 heavy (non-hydrogen) atoms. The number of nitrogens with one attached hydrogen (secondary N) is 1. The second-order valence-electron chi connectivity index (χ2n) is 4.84. The van der Waals surface area contributed by atoms with Crippen LogP contribution < -0.4 is 5.32 Å². The Labute approximate surface area is 117 Å². The summed E-state index contributed by atoms with van der Waals surface area (Å²) in [5.74, 6) is -1.57. The molecule has 2 aromatic rings. The van der Waals surface area contributed by atoms with Gasteiger partial charge in [-0.3, -0.25) is 4.79 Å². The van der Waals surface area contributed by atoms with Gasteiger partial charge in [0.1, 0.15) is 5.82 Å². The number of rotatable bonds is 4. The fraction of sp³-hybridized carbons (Fsp3) is 0.188. The van der Waals surface area contributed by atoms with E-state index in [-0.39, 0.29) is 12.0 Å². The molecule has 0 heterocycles. The molecule has 3 nitrogen and oxygen atoms in total. The Morgan fingerprint density at radius 1 is 1.20 bits per heavy atom. The quantitative estimate of drug-likeness (QED) is 0.890. The molecule has 0 aliphatic heterocycles. The highest BCUT2D eigenvalue weighted by Crippen LogP contribution is 2.25. The van der Waals surface area contributed by atoms with Crippen LogP contribution in [-0.2, 0) is 11.2 Å². The molecule has 2 aromatic carbocycles. The Hall–Kier alpha value is -2.36. The van der Waals surface area contributed by atoms with E-state index in [1.165, 1.54) is 6.07 Å². The molecular weight excluding hydrogens is 257 g/mol. The highest BCUT2D eigenvalue weighted by atomic mass is 19.1. The predicted molar refractivity (Wildman–Crippen MR) is 76.9 cm³/mol. The van der Waals surface area contributed by atoms with Crippen molar-refractivity contribution in [3.63, 3.8) is 0 Å². The highest BCUT2D eigenvalue weighted by Gasteiger charge is 2.12. The second kappa shape index (κ2) is 5.74. The van der Waals surface area contributed by atoms with Gasteiger partial charge in [-0.2, -0.15) is 0 Å². The van der Waals surface area contributed by atoms with Gasteiger partial charge in [0.05, 0.1) is 6.42 Å². The maximum Gasteiger partial charge on any atom is 0.308 e. The lowest BCUT2D eigenvalue weighted by molar-refractivity contribution is -0.136. The SMILES string of the molecule is Cc1cc(C)cc(Nc2cccc(F)c2CC(=O)O)c1. The highest BCUT2D eigenvalue weighted by molar-refractivity contribution is 5.75. The van der Waals surface area contributed by atoms with Gasteiger partial charge in [0, 0.05) is 16.9 Å². The topological polar surface area (TPSA) is 49.3 Å². The summed E-state index contributed by atoms with van der Waals surface area (Å²) in [6.07, 6.45) is -0.347. The van der Waals surface area contributed by atoms with E-state index in [4.69, 9.17) is 5.11 Å². The first kappa shape index (κ1) is 14.1. The summed E-state index contributed by atoms with van der Waals surface area (Å²) in [5, 5.41) is 12.0. The molecule has 0 saturated heterocycles. The number of hydrogen-bond donors (Lipinski definition) is 2. The summed E-state index contributed by atoms with van der Waals surface area (Å²) in [4.78, 5) is 10.8. The molecule has 0 radical (unpaired) electrons. The van der Waals surface area contributed by atoms with Crippen LogP contribution in [-0.4, -0.2) is 11.1 Å². The Kier molecular flexibility index (Phi) is 4.03. The lowest BCUT2D eigenvalue weighted by atomic mass is 10.1. The Morgan fingerprint density at radius 2 is 1.85 bits per heavy atom. The van der Waals surface area contributed by atoms with Crippen LogP contribution in [0, 0.1) is 19.7 Å². The molecule has 0 spiro atoms. The maximum atomic E-state index is 13.8. The van der Waals surface area contributed by atoms with E-state index in [0.717, 1.165) is 16.8 Å². The molecule has 0 unspecified atom stereocenters. The van der Waals surface area contributed by atoms with Crippen LogP contribution in [0.4, 0.5) is 15.8 Å². The van der Waals surface area contributed by atoms with Crippen LogP contribution in [0.5, 0.6) is 0 Å². The van der Waals surface area contributed by atoms with Crippen molar-refractivity contribution in [2.45, 2.75) is 20.3 Å². The number of carbonyl (C=O) groups is 1. The van der Waals surface area contributed by atoms with Crippen LogP contribution in [0.3, 0.4) is 0 Å². The minimum Gasteiger partial charge on any atom is -0.481 e. The summed E-state index contributed by atoms with van der Waals surface area (Å²) in [6, 6.07) is 10.4. The third-order valence-electron chi connectivity index (χ3n) is 2.95. The zero-order chi connectivity index (χ0) is 14.7. The molecular formula is C16H16FNO2. The summed E-state index contributed by atoms with van der Waals surface area (Å²) < 4.78 is 13.8. The number of carboxylic acids is 1. The van der Waals surface area contributed by atoms with E-state index in [0.29, 0.717) is 5.69 Å². The van der Waals surface area contributed by atoms with Crippen LogP contribution in [0.2, 0.25) is 0 Å². The summed E-state index contributed by atoms with van der Waals surface area (Å²) >= 11 is 0. The fourth-order valence-corrected chi connectivity index (χ4v) is 2.21. The van der Waals surface area contributed by atoms with Crippen molar-refractivity contribution in [1.82, 2.24) is 0 Å². The van der Waals surface area contributed by atoms with Crippen molar-refractivity contribution in [2.75, 3.05) is 5.32 Å². The lowest BCUT2D eigenvalue weighted by Gasteiger charge is -2.13. The molecule has 0 amide bonds. The smallest absolute Gasteiger partial charge is 0.308 e. The summed E-state index contributed by atoms with van der Waals surface area (Å²) in [6.45, 7) is 3.95. The van der Waals surface area contributed by atoms with Gasteiger partial charge in [-0.15, -0.1) is 0 Å². The minimum absolute atomic E-state index is 0.166. The second-order valence-corrected chi connectivity index (χ2v) is 4.84. The molecule has 0 atom stereocenters. The van der Waals surface area contributed by atoms with Crippen molar-refractivity contribution in [3.8, 4) is 0 Å². The van der Waals surface area contributed by atoms with Gasteiger partial charge >= 0.3 is 5.97 Å². The van der Waals surface area contributed by atoms with E-state index in [9.17, 15) is 9.18 Å². The van der Waals surface area contributed by atoms with Crippen LogP contribution in [0.1, 0.15) is 16.7 Å². The van der Waals surface area contributed by atoms with Gasteiger partial charge in [-0.05, 0) is 49.2 Å². The largest absolute Gasteiger partial charge is 0.481 e. The zero-order valence-electron chi connectivity index (χ0n) is 11.4. The van der Waals surface area contributed by atoms with E-state index < -0.39 is 11.8 Å². The molecule has 104 valence electrons. The Morgan fingerprint density at radius 3 is 2.45 bits per heavy atom. The molecule has 0 aromatic heterocycles. The number of hydrogen-bond acceptors (Lipinski definition) is 2. The fourth-order valence-electron chi connectivity index (χ4n) is 2.21. The van der Waals surface area contributed by atoms with E-state index >= 15 is 0 Å². The molecule has 0 fully saturated rings. The van der Waals surface area contributed by atoms with E-state index in [2.05, 4.69) is 5.32 Å². The van der Waals surface area contributed by atoms with Gasteiger partial charge in [0.25, 0.3) is 0 Å².